The van der Waals surface area contributed by atoms with Crippen LogP contribution in [0.3, 0.4) is 0 Å². The van der Waals surface area contributed by atoms with Gasteiger partial charge in [-0.15, -0.1) is 24.8 Å². The van der Waals surface area contributed by atoms with Gasteiger partial charge in [0.1, 0.15) is 0 Å². The summed E-state index contributed by atoms with van der Waals surface area (Å²) < 4.78 is 0. The highest BCUT2D eigenvalue weighted by Crippen LogP contribution is 2.28. The Morgan fingerprint density at radius 2 is 1.57 bits per heavy atom. The zero-order chi connectivity index (χ0) is 24.2. The van der Waals surface area contributed by atoms with Crippen molar-refractivity contribution in [2.45, 2.75) is 13.3 Å². The maximum absolute atomic E-state index is 12.2. The van der Waals surface area contributed by atoms with Crippen LogP contribution in [-0.4, -0.2) is 48.6 Å². The van der Waals surface area contributed by atoms with Crippen LogP contribution in [0, 0.1) is 6.92 Å². The number of benzene rings is 3. The number of para-hydroxylation sites is 1. The number of fused-ring (bicyclic) bond motifs is 1. The van der Waals surface area contributed by atoms with Crippen molar-refractivity contribution in [3.05, 3.63) is 96.2 Å². The molecule has 194 valence electrons. The Balaban J connectivity index is 0.00000190. The molecule has 1 aromatic heterocycles. The maximum Gasteiger partial charge on any atom is 0.323 e. The normalized spacial score (nSPS) is 13.5. The number of hydrogen-bond donors (Lipinski definition) is 1. The van der Waals surface area contributed by atoms with Gasteiger partial charge in [-0.3, -0.25) is 14.8 Å². The Labute approximate surface area is 230 Å². The molecule has 2 heterocycles. The van der Waals surface area contributed by atoms with Crippen molar-refractivity contribution in [1.82, 2.24) is 9.88 Å². The van der Waals surface area contributed by atoms with Crippen LogP contribution in [0.4, 0.5) is 21.9 Å². The van der Waals surface area contributed by atoms with Crippen LogP contribution in [0.5, 0.6) is 0 Å². The minimum Gasteiger partial charge on any atom is -0.368 e. The Kier molecular flexibility index (Phi) is 9.75. The van der Waals surface area contributed by atoms with Gasteiger partial charge in [-0.05, 0) is 67.4 Å². The molecule has 0 aliphatic carbocycles. The first kappa shape index (κ1) is 28.3. The molecule has 0 unspecified atom stereocenters. The Morgan fingerprint density at radius 1 is 0.865 bits per heavy atom. The number of halogens is 2. The fourth-order valence-corrected chi connectivity index (χ4v) is 4.85. The van der Waals surface area contributed by atoms with Crippen LogP contribution in [0.1, 0.15) is 11.3 Å². The van der Waals surface area contributed by atoms with E-state index in [9.17, 15) is 4.79 Å². The summed E-state index contributed by atoms with van der Waals surface area (Å²) in [6.45, 7) is 7.05. The third kappa shape index (κ3) is 6.52. The number of aromatic nitrogens is 1. The van der Waals surface area contributed by atoms with Crippen LogP contribution < -0.4 is 15.5 Å². The third-order valence-corrected chi connectivity index (χ3v) is 6.68. The highest BCUT2D eigenvalue weighted by atomic mass is 35.5. The molecule has 1 fully saturated rings. The number of rotatable bonds is 6. The molecule has 0 spiro atoms. The lowest BCUT2D eigenvalue weighted by Gasteiger charge is -2.36. The molecule has 0 bridgehead atoms. The summed E-state index contributed by atoms with van der Waals surface area (Å²) in [5, 5.41) is 1.22. The lowest BCUT2D eigenvalue weighted by molar-refractivity contribution is 0.256. The number of carbonyl (C=O) groups excluding carboxylic acids is 1. The number of anilines is 3. The van der Waals surface area contributed by atoms with Crippen LogP contribution in [0.2, 0.25) is 0 Å². The van der Waals surface area contributed by atoms with Gasteiger partial charge in [0.2, 0.25) is 0 Å². The van der Waals surface area contributed by atoms with Gasteiger partial charge < -0.3 is 10.6 Å². The molecule has 1 aliphatic heterocycles. The van der Waals surface area contributed by atoms with E-state index in [0.29, 0.717) is 0 Å². The van der Waals surface area contributed by atoms with Gasteiger partial charge in [-0.2, -0.15) is 0 Å². The summed E-state index contributed by atoms with van der Waals surface area (Å²) in [6.07, 6.45) is 0.923. The van der Waals surface area contributed by atoms with Crippen molar-refractivity contribution in [3.63, 3.8) is 0 Å². The molecular weight excluding hydrogens is 505 g/mol. The first-order valence-electron chi connectivity index (χ1n) is 12.2. The van der Waals surface area contributed by atoms with Crippen LogP contribution in [-0.2, 0) is 6.42 Å². The zero-order valence-electron chi connectivity index (χ0n) is 20.9. The topological polar surface area (TPSA) is 65.7 Å². The summed E-state index contributed by atoms with van der Waals surface area (Å²) >= 11 is 0. The van der Waals surface area contributed by atoms with Gasteiger partial charge in [0, 0.05) is 49.5 Å². The van der Waals surface area contributed by atoms with Crippen molar-refractivity contribution < 1.29 is 4.79 Å². The molecule has 0 saturated carbocycles. The van der Waals surface area contributed by atoms with E-state index >= 15 is 0 Å². The number of aryl methyl sites for hydroxylation is 1. The first-order valence-corrected chi connectivity index (χ1v) is 12.2. The molecule has 2 amide bonds. The number of amides is 2. The van der Waals surface area contributed by atoms with E-state index < -0.39 is 6.03 Å². The van der Waals surface area contributed by atoms with Gasteiger partial charge in [0.25, 0.3) is 0 Å². The molecule has 3 aromatic carbocycles. The lowest BCUT2D eigenvalue weighted by Crippen LogP contribution is -2.47. The lowest BCUT2D eigenvalue weighted by atomic mass is 10.1. The van der Waals surface area contributed by atoms with Crippen molar-refractivity contribution in [1.29, 1.82) is 0 Å². The predicted octanol–water partition coefficient (Wildman–Crippen LogP) is 5.97. The smallest absolute Gasteiger partial charge is 0.323 e. The van der Waals surface area contributed by atoms with Gasteiger partial charge in [0.15, 0.2) is 0 Å². The first-order chi connectivity index (χ1) is 17.1. The highest BCUT2D eigenvalue weighted by molar-refractivity contribution is 5.98. The summed E-state index contributed by atoms with van der Waals surface area (Å²) in [5.41, 5.74) is 11.9. The van der Waals surface area contributed by atoms with E-state index in [4.69, 9.17) is 5.73 Å². The van der Waals surface area contributed by atoms with Crippen molar-refractivity contribution in [2.24, 2.45) is 5.73 Å². The number of piperazine rings is 1. The molecule has 1 saturated heterocycles. The number of nitrogens with two attached hydrogens (primary N) is 1. The van der Waals surface area contributed by atoms with Gasteiger partial charge in [-0.25, -0.2) is 4.79 Å². The van der Waals surface area contributed by atoms with E-state index in [1.54, 1.807) is 4.90 Å². The monoisotopic (exact) mass is 537 g/mol. The van der Waals surface area contributed by atoms with Crippen LogP contribution in [0.25, 0.3) is 10.9 Å². The second-order valence-corrected chi connectivity index (χ2v) is 9.05. The molecule has 4 aromatic rings. The van der Waals surface area contributed by atoms with E-state index in [2.05, 4.69) is 57.2 Å². The Hall–Kier alpha value is -3.32. The average Bonchev–Trinajstić information content (AvgIpc) is 2.88. The molecular formula is C29H33Cl2N5O. The predicted molar refractivity (Wildman–Crippen MR) is 158 cm³/mol. The standard InChI is InChI=1S/C29H31N5O.2ClH/c1-22-13-14-26-27(31-22)11-6-12-28(26)33-19-17-32(18-20-33)16-15-23-7-5-10-25(21-23)34(29(30)35)24-8-3-2-4-9-24;;/h2-14,21H,15-20H2,1H3,(H2,30,35);2*1H. The molecule has 5 rings (SSSR count). The van der Waals surface area contributed by atoms with Crippen LogP contribution in [0.15, 0.2) is 84.9 Å². The van der Waals surface area contributed by atoms with Gasteiger partial charge in [-0.1, -0.05) is 36.4 Å². The molecule has 8 heteroatoms. The van der Waals surface area contributed by atoms with E-state index in [-0.39, 0.29) is 24.8 Å². The average molecular weight is 539 g/mol. The van der Waals surface area contributed by atoms with Gasteiger partial charge in [0.05, 0.1) is 16.9 Å². The Morgan fingerprint density at radius 3 is 2.30 bits per heavy atom. The minimum absolute atomic E-state index is 0. The summed E-state index contributed by atoms with van der Waals surface area (Å²) in [6, 6.07) is 27.8. The molecule has 6 nitrogen and oxygen atoms in total. The zero-order valence-corrected chi connectivity index (χ0v) is 22.5. The second kappa shape index (κ2) is 12.8. The molecule has 37 heavy (non-hydrogen) atoms. The molecule has 2 N–H and O–H groups in total. The van der Waals surface area contributed by atoms with Crippen LogP contribution >= 0.6 is 24.8 Å². The number of carbonyl (C=O) groups is 1. The number of primary amides is 1. The summed E-state index contributed by atoms with van der Waals surface area (Å²) in [7, 11) is 0. The van der Waals surface area contributed by atoms with Gasteiger partial charge >= 0.3 is 6.03 Å². The molecule has 0 atom stereocenters. The summed E-state index contributed by atoms with van der Waals surface area (Å²) in [4.78, 5) is 23.4. The number of pyridine rings is 1. The third-order valence-electron chi connectivity index (χ3n) is 6.68. The van der Waals surface area contributed by atoms with E-state index in [1.807, 2.05) is 49.4 Å². The van der Waals surface area contributed by atoms with Crippen molar-refractivity contribution >= 4 is 58.8 Å². The maximum atomic E-state index is 12.2. The highest BCUT2D eigenvalue weighted by Gasteiger charge is 2.19. The van der Waals surface area contributed by atoms with Crippen molar-refractivity contribution in [3.8, 4) is 0 Å². The SMILES string of the molecule is Cc1ccc2c(N3CCN(CCc4cccc(N(C(N)=O)c5ccccc5)c4)CC3)cccc2n1.Cl.Cl. The quantitative estimate of drug-likeness (QED) is 0.329. The molecule has 0 radical (unpaired) electrons. The fraction of sp³-hybridized carbons (Fsp3) is 0.241. The van der Waals surface area contributed by atoms with E-state index in [1.165, 1.54) is 16.6 Å². The van der Waals surface area contributed by atoms with Crippen molar-refractivity contribution in [2.75, 3.05) is 42.5 Å². The van der Waals surface area contributed by atoms with E-state index in [0.717, 1.165) is 61.7 Å². The minimum atomic E-state index is -0.483. The number of nitrogens with zero attached hydrogens (tertiary/aromatic N) is 4. The largest absolute Gasteiger partial charge is 0.368 e. The Bertz CT molecular complexity index is 1330. The second-order valence-electron chi connectivity index (χ2n) is 9.05. The summed E-state index contributed by atoms with van der Waals surface area (Å²) in [5.74, 6) is 0. The number of hydrogen-bond acceptors (Lipinski definition) is 4. The number of urea groups is 1. The fourth-order valence-electron chi connectivity index (χ4n) is 4.85. The molecule has 1 aliphatic rings.